The Hall–Kier alpha value is -4.02. The van der Waals surface area contributed by atoms with Gasteiger partial charge in [-0.2, -0.15) is 0 Å². The monoisotopic (exact) mass is 507 g/mol. The average Bonchev–Trinajstić information content (AvgIpc) is 3.13. The van der Waals surface area contributed by atoms with Crippen LogP contribution in [0.15, 0.2) is 77.5 Å². The molecule has 1 unspecified atom stereocenters. The third-order valence-electron chi connectivity index (χ3n) is 5.80. The largest absolute Gasteiger partial charge is 0.507 e. The van der Waals surface area contributed by atoms with Crippen molar-refractivity contribution in [3.63, 3.8) is 0 Å². The zero-order valence-corrected chi connectivity index (χ0v) is 20.5. The number of ether oxygens (including phenoxy) is 1. The van der Waals surface area contributed by atoms with Gasteiger partial charge in [0.15, 0.2) is 0 Å². The van der Waals surface area contributed by atoms with Crippen molar-refractivity contribution in [2.75, 3.05) is 11.5 Å². The molecule has 1 aliphatic rings. The molecule has 9 nitrogen and oxygen atoms in total. The number of pyridine rings is 1. The van der Waals surface area contributed by atoms with E-state index < -0.39 is 27.8 Å². The Balaban J connectivity index is 1.85. The van der Waals surface area contributed by atoms with Crippen molar-refractivity contribution in [1.29, 1.82) is 0 Å². The van der Waals surface area contributed by atoms with Crippen LogP contribution in [-0.2, 0) is 19.6 Å². The number of benzene rings is 2. The van der Waals surface area contributed by atoms with Gasteiger partial charge in [0.05, 0.1) is 23.1 Å². The predicted molar refractivity (Wildman–Crippen MR) is 134 cm³/mol. The summed E-state index contributed by atoms with van der Waals surface area (Å²) in [5.74, 6) is -1.42. The number of rotatable bonds is 7. The smallest absolute Gasteiger partial charge is 0.300 e. The SMILES string of the molecule is CCCOc1ccc(/C(O)=C2\C(=O)C(=O)N(c3ccc(S(N)(=O)=O)cc3)C2c2cccnc2)cc1C. The normalized spacial score (nSPS) is 17.4. The van der Waals surface area contributed by atoms with Gasteiger partial charge in [0.2, 0.25) is 10.0 Å². The number of hydrogen-bond acceptors (Lipinski definition) is 7. The number of aromatic nitrogens is 1. The number of hydrogen-bond donors (Lipinski definition) is 2. The van der Waals surface area contributed by atoms with Crippen molar-refractivity contribution >= 4 is 33.2 Å². The number of Topliss-reactive ketones (excluding diaryl/α,β-unsaturated/α-hetero) is 1. The molecule has 0 bridgehead atoms. The Morgan fingerprint density at radius 3 is 2.44 bits per heavy atom. The van der Waals surface area contributed by atoms with E-state index in [1.807, 2.05) is 13.8 Å². The van der Waals surface area contributed by atoms with Gasteiger partial charge < -0.3 is 9.84 Å². The van der Waals surface area contributed by atoms with Crippen LogP contribution >= 0.6 is 0 Å². The molecule has 1 aliphatic heterocycles. The van der Waals surface area contributed by atoms with Crippen molar-refractivity contribution in [2.45, 2.75) is 31.2 Å². The van der Waals surface area contributed by atoms with Gasteiger partial charge >= 0.3 is 0 Å². The molecule has 1 amide bonds. The van der Waals surface area contributed by atoms with Crippen LogP contribution in [0.25, 0.3) is 5.76 Å². The fourth-order valence-electron chi connectivity index (χ4n) is 4.07. The van der Waals surface area contributed by atoms with Crippen molar-refractivity contribution in [1.82, 2.24) is 4.98 Å². The zero-order valence-electron chi connectivity index (χ0n) is 19.7. The van der Waals surface area contributed by atoms with Crippen molar-refractivity contribution < 1.29 is 27.9 Å². The molecule has 2 aromatic carbocycles. The summed E-state index contributed by atoms with van der Waals surface area (Å²) in [5.41, 5.74) is 1.77. The molecule has 0 spiro atoms. The van der Waals surface area contributed by atoms with Gasteiger partial charge in [-0.25, -0.2) is 13.6 Å². The molecule has 3 aromatic rings. The molecule has 2 heterocycles. The highest BCUT2D eigenvalue weighted by atomic mass is 32.2. The molecule has 0 radical (unpaired) electrons. The van der Waals surface area contributed by atoms with E-state index in [1.54, 1.807) is 36.5 Å². The molecule has 1 atom stereocenters. The molecule has 186 valence electrons. The summed E-state index contributed by atoms with van der Waals surface area (Å²) in [6.45, 7) is 4.37. The van der Waals surface area contributed by atoms with Crippen LogP contribution in [0, 0.1) is 6.92 Å². The molecular formula is C26H25N3O6S. The minimum atomic E-state index is -3.95. The quantitative estimate of drug-likeness (QED) is 0.284. The van der Waals surface area contributed by atoms with Gasteiger partial charge in [0.25, 0.3) is 11.7 Å². The average molecular weight is 508 g/mol. The standard InChI is InChI=1S/C26H25N3O6S/c1-3-13-35-21-11-6-17(14-16(21)2)24(30)22-23(18-5-4-12-28-15-18)29(26(32)25(22)31)19-7-9-20(10-8-19)36(27,33)34/h4-12,14-15,23,30H,3,13H2,1-2H3,(H2,27,33,34)/b24-22+. The maximum atomic E-state index is 13.2. The first-order valence-electron chi connectivity index (χ1n) is 11.2. The number of carbonyl (C=O) groups is 2. The van der Waals surface area contributed by atoms with Crippen LogP contribution in [0.2, 0.25) is 0 Å². The Morgan fingerprint density at radius 1 is 1.14 bits per heavy atom. The number of carbonyl (C=O) groups excluding carboxylic acids is 2. The Bertz CT molecular complexity index is 1450. The van der Waals surface area contributed by atoms with Crippen LogP contribution in [0.1, 0.15) is 36.1 Å². The number of nitrogens with zero attached hydrogens (tertiary/aromatic N) is 2. The number of ketones is 1. The summed E-state index contributed by atoms with van der Waals surface area (Å²) in [4.78, 5) is 31.6. The number of nitrogens with two attached hydrogens (primary N) is 1. The zero-order chi connectivity index (χ0) is 26.0. The van der Waals surface area contributed by atoms with Crippen molar-refractivity contribution in [2.24, 2.45) is 5.14 Å². The number of aryl methyl sites for hydroxylation is 1. The minimum absolute atomic E-state index is 0.106. The van der Waals surface area contributed by atoms with E-state index in [1.165, 1.54) is 35.4 Å². The summed E-state index contributed by atoms with van der Waals surface area (Å²) in [5, 5.41) is 16.5. The molecule has 10 heteroatoms. The van der Waals surface area contributed by atoms with Crippen LogP contribution in [-0.4, -0.2) is 36.8 Å². The van der Waals surface area contributed by atoms with E-state index in [0.717, 1.165) is 12.0 Å². The Labute approximate surface area is 208 Å². The second-order valence-corrected chi connectivity index (χ2v) is 9.88. The fraction of sp³-hybridized carbons (Fsp3) is 0.192. The predicted octanol–water partition coefficient (Wildman–Crippen LogP) is 3.45. The number of sulfonamides is 1. The fourth-order valence-corrected chi connectivity index (χ4v) is 4.59. The van der Waals surface area contributed by atoms with E-state index >= 15 is 0 Å². The number of amides is 1. The molecule has 36 heavy (non-hydrogen) atoms. The molecule has 1 fully saturated rings. The molecule has 1 aromatic heterocycles. The summed E-state index contributed by atoms with van der Waals surface area (Å²) in [6, 6.07) is 12.7. The van der Waals surface area contributed by atoms with Crippen LogP contribution in [0.4, 0.5) is 5.69 Å². The van der Waals surface area contributed by atoms with E-state index in [2.05, 4.69) is 4.98 Å². The summed E-state index contributed by atoms with van der Waals surface area (Å²) >= 11 is 0. The van der Waals surface area contributed by atoms with Crippen molar-refractivity contribution in [3.05, 3.63) is 89.3 Å². The molecule has 4 rings (SSSR count). The Morgan fingerprint density at radius 2 is 1.86 bits per heavy atom. The van der Waals surface area contributed by atoms with Gasteiger partial charge in [0, 0.05) is 23.6 Å². The van der Waals surface area contributed by atoms with Crippen LogP contribution < -0.4 is 14.8 Å². The number of anilines is 1. The molecular weight excluding hydrogens is 482 g/mol. The first-order valence-corrected chi connectivity index (χ1v) is 12.8. The number of aliphatic hydroxyl groups is 1. The van der Waals surface area contributed by atoms with Crippen LogP contribution in [0.5, 0.6) is 5.75 Å². The molecule has 1 saturated heterocycles. The van der Waals surface area contributed by atoms with E-state index in [9.17, 15) is 23.1 Å². The summed E-state index contributed by atoms with van der Waals surface area (Å²) in [7, 11) is -3.95. The highest BCUT2D eigenvalue weighted by Gasteiger charge is 2.47. The van der Waals surface area contributed by atoms with Crippen LogP contribution in [0.3, 0.4) is 0 Å². The topological polar surface area (TPSA) is 140 Å². The third kappa shape index (κ3) is 4.73. The summed E-state index contributed by atoms with van der Waals surface area (Å²) in [6.07, 6.45) is 3.89. The highest BCUT2D eigenvalue weighted by Crippen LogP contribution is 2.42. The van der Waals surface area contributed by atoms with Gasteiger partial charge in [0.1, 0.15) is 11.5 Å². The second kappa shape index (κ2) is 9.92. The van der Waals surface area contributed by atoms with E-state index in [4.69, 9.17) is 9.88 Å². The third-order valence-corrected chi connectivity index (χ3v) is 6.73. The van der Waals surface area contributed by atoms with Gasteiger partial charge in [-0.3, -0.25) is 19.5 Å². The molecule has 3 N–H and O–H groups in total. The first-order chi connectivity index (χ1) is 17.1. The maximum absolute atomic E-state index is 13.2. The molecule has 0 aliphatic carbocycles. The lowest BCUT2D eigenvalue weighted by Crippen LogP contribution is -2.29. The maximum Gasteiger partial charge on any atom is 0.300 e. The lowest BCUT2D eigenvalue weighted by atomic mass is 9.95. The lowest BCUT2D eigenvalue weighted by molar-refractivity contribution is -0.132. The number of primary sulfonamides is 1. The number of aliphatic hydroxyl groups excluding tert-OH is 1. The summed E-state index contributed by atoms with van der Waals surface area (Å²) < 4.78 is 29.0. The minimum Gasteiger partial charge on any atom is -0.507 e. The van der Waals surface area contributed by atoms with Gasteiger partial charge in [-0.15, -0.1) is 0 Å². The second-order valence-electron chi connectivity index (χ2n) is 8.32. The van der Waals surface area contributed by atoms with E-state index in [0.29, 0.717) is 23.5 Å². The van der Waals surface area contributed by atoms with Gasteiger partial charge in [-0.1, -0.05) is 13.0 Å². The molecule has 0 saturated carbocycles. The lowest BCUT2D eigenvalue weighted by Gasteiger charge is -2.25. The first kappa shape index (κ1) is 25.1. The highest BCUT2D eigenvalue weighted by molar-refractivity contribution is 7.89. The van der Waals surface area contributed by atoms with Crippen molar-refractivity contribution in [3.8, 4) is 5.75 Å². The Kier molecular flexibility index (Phi) is 6.91. The van der Waals surface area contributed by atoms with Gasteiger partial charge in [-0.05, 0) is 73.0 Å². The van der Waals surface area contributed by atoms with E-state index in [-0.39, 0.29) is 21.9 Å².